The summed E-state index contributed by atoms with van der Waals surface area (Å²) in [5, 5.41) is 11.5. The highest BCUT2D eigenvalue weighted by Crippen LogP contribution is 2.12. The van der Waals surface area contributed by atoms with E-state index in [0.717, 1.165) is 6.54 Å². The molecule has 1 heterocycles. The monoisotopic (exact) mass is 140 g/mol. The lowest BCUT2D eigenvalue weighted by Crippen LogP contribution is -2.50. The molecule has 0 aromatic rings. The van der Waals surface area contributed by atoms with Crippen LogP contribution in [0.1, 0.15) is 13.8 Å². The number of nitrogens with zero attached hydrogens (tertiary/aromatic N) is 1. The Morgan fingerprint density at radius 2 is 2.40 bits per heavy atom. The summed E-state index contributed by atoms with van der Waals surface area (Å²) in [4.78, 5) is 0. The third kappa shape index (κ3) is 1.69. The topological polar surface area (TPSA) is 45.0 Å². The summed E-state index contributed by atoms with van der Waals surface area (Å²) in [6.45, 7) is 5.27. The Hall–Kier alpha value is -0.590. The third-order valence-electron chi connectivity index (χ3n) is 1.57. The molecule has 10 heavy (non-hydrogen) atoms. The van der Waals surface area contributed by atoms with Gasteiger partial charge in [-0.05, 0) is 13.8 Å². The molecule has 1 atom stereocenters. The molecule has 0 aromatic carbocycles. The van der Waals surface area contributed by atoms with Crippen LogP contribution in [-0.2, 0) is 4.74 Å². The van der Waals surface area contributed by atoms with E-state index < -0.39 is 0 Å². The second kappa shape index (κ2) is 2.57. The lowest BCUT2D eigenvalue weighted by atomic mass is 10.1. The fourth-order valence-electron chi connectivity index (χ4n) is 0.871. The first-order valence-electron chi connectivity index (χ1n) is 3.41. The minimum Gasteiger partial charge on any atom is -0.372 e. The van der Waals surface area contributed by atoms with Crippen LogP contribution in [0.4, 0.5) is 0 Å². The summed E-state index contributed by atoms with van der Waals surface area (Å²) in [5.41, 5.74) is -0.104. The molecule has 0 aromatic heterocycles. The molecule has 1 unspecified atom stereocenters. The molecule has 1 aliphatic rings. The first-order chi connectivity index (χ1) is 4.64. The van der Waals surface area contributed by atoms with Crippen molar-refractivity contribution in [2.75, 3.05) is 13.2 Å². The normalized spacial score (nSPS) is 31.1. The molecule has 3 heteroatoms. The van der Waals surface area contributed by atoms with Crippen LogP contribution >= 0.6 is 0 Å². The van der Waals surface area contributed by atoms with E-state index in [9.17, 15) is 0 Å². The van der Waals surface area contributed by atoms with Crippen LogP contribution in [0, 0.1) is 11.3 Å². The summed E-state index contributed by atoms with van der Waals surface area (Å²) in [5.74, 6) is 0. The lowest BCUT2D eigenvalue weighted by Gasteiger charge is -2.32. The highest BCUT2D eigenvalue weighted by molar-refractivity contribution is 4.94. The maximum Gasteiger partial charge on any atom is 0.119 e. The van der Waals surface area contributed by atoms with Gasteiger partial charge in [0.25, 0.3) is 0 Å². The summed E-state index contributed by atoms with van der Waals surface area (Å²) in [7, 11) is 0. The van der Waals surface area contributed by atoms with Crippen molar-refractivity contribution in [3.05, 3.63) is 0 Å². The van der Waals surface area contributed by atoms with Crippen molar-refractivity contribution in [1.82, 2.24) is 5.32 Å². The molecule has 1 fully saturated rings. The van der Waals surface area contributed by atoms with E-state index in [1.165, 1.54) is 0 Å². The quantitative estimate of drug-likeness (QED) is 0.525. The standard InChI is InChI=1S/C7H12N2O/c1-7(2)5-9-6(3-8)4-10-7/h6,9H,4-5H2,1-2H3. The predicted octanol–water partition coefficient (Wildman–Crippen LogP) is 0.277. The summed E-state index contributed by atoms with van der Waals surface area (Å²) in [6.07, 6.45) is 0. The van der Waals surface area contributed by atoms with Gasteiger partial charge in [0, 0.05) is 6.54 Å². The Morgan fingerprint density at radius 3 is 2.80 bits per heavy atom. The minimum absolute atomic E-state index is 0.104. The maximum absolute atomic E-state index is 8.47. The molecule has 1 N–H and O–H groups in total. The van der Waals surface area contributed by atoms with Crippen LogP contribution in [0.25, 0.3) is 0 Å². The molecule has 3 nitrogen and oxygen atoms in total. The number of nitrogens with one attached hydrogen (secondary N) is 1. The molecule has 1 aliphatic heterocycles. The van der Waals surface area contributed by atoms with Crippen LogP contribution in [0.3, 0.4) is 0 Å². The van der Waals surface area contributed by atoms with Crippen LogP contribution < -0.4 is 5.32 Å². The van der Waals surface area contributed by atoms with Gasteiger partial charge in [0.15, 0.2) is 0 Å². The zero-order chi connectivity index (χ0) is 7.61. The van der Waals surface area contributed by atoms with Gasteiger partial charge in [0.1, 0.15) is 6.04 Å². The van der Waals surface area contributed by atoms with Gasteiger partial charge in [-0.1, -0.05) is 0 Å². The molecule has 0 spiro atoms. The largest absolute Gasteiger partial charge is 0.372 e. The Labute approximate surface area is 61.0 Å². The second-order valence-electron chi connectivity index (χ2n) is 3.13. The van der Waals surface area contributed by atoms with Crippen LogP contribution in [0.15, 0.2) is 0 Å². The molecular formula is C7H12N2O. The summed E-state index contributed by atoms with van der Waals surface area (Å²) >= 11 is 0. The van der Waals surface area contributed by atoms with Gasteiger partial charge in [0.05, 0.1) is 18.3 Å². The van der Waals surface area contributed by atoms with Crippen molar-refractivity contribution in [3.63, 3.8) is 0 Å². The Kier molecular flexibility index (Phi) is 1.93. The van der Waals surface area contributed by atoms with Crippen molar-refractivity contribution < 1.29 is 4.74 Å². The van der Waals surface area contributed by atoms with E-state index in [0.29, 0.717) is 6.61 Å². The van der Waals surface area contributed by atoms with Crippen LogP contribution in [0.5, 0.6) is 0 Å². The number of ether oxygens (including phenoxy) is 1. The highest BCUT2D eigenvalue weighted by atomic mass is 16.5. The molecule has 0 radical (unpaired) electrons. The van der Waals surface area contributed by atoms with Gasteiger partial charge in [0.2, 0.25) is 0 Å². The molecule has 56 valence electrons. The molecule has 1 saturated heterocycles. The first kappa shape index (κ1) is 7.52. The average molecular weight is 140 g/mol. The second-order valence-corrected chi connectivity index (χ2v) is 3.13. The highest BCUT2D eigenvalue weighted by Gasteiger charge is 2.26. The smallest absolute Gasteiger partial charge is 0.119 e. The number of morpholine rings is 1. The molecule has 0 saturated carbocycles. The minimum atomic E-state index is -0.118. The van der Waals surface area contributed by atoms with Crippen molar-refractivity contribution in [3.8, 4) is 6.07 Å². The van der Waals surface area contributed by atoms with Gasteiger partial charge < -0.3 is 4.74 Å². The van der Waals surface area contributed by atoms with E-state index in [4.69, 9.17) is 10.00 Å². The van der Waals surface area contributed by atoms with Crippen molar-refractivity contribution in [1.29, 1.82) is 5.26 Å². The first-order valence-corrected chi connectivity index (χ1v) is 3.41. The van der Waals surface area contributed by atoms with E-state index >= 15 is 0 Å². The number of rotatable bonds is 0. The van der Waals surface area contributed by atoms with E-state index in [1.54, 1.807) is 0 Å². The van der Waals surface area contributed by atoms with Gasteiger partial charge in [-0.15, -0.1) is 0 Å². The van der Waals surface area contributed by atoms with E-state index in [2.05, 4.69) is 11.4 Å². The number of hydrogen-bond acceptors (Lipinski definition) is 3. The van der Waals surface area contributed by atoms with Gasteiger partial charge in [-0.2, -0.15) is 5.26 Å². The fourth-order valence-corrected chi connectivity index (χ4v) is 0.871. The van der Waals surface area contributed by atoms with Crippen LogP contribution in [-0.4, -0.2) is 24.8 Å². The van der Waals surface area contributed by atoms with Gasteiger partial charge in [-0.25, -0.2) is 0 Å². The van der Waals surface area contributed by atoms with E-state index in [1.807, 2.05) is 13.8 Å². The predicted molar refractivity (Wildman–Crippen MR) is 37.4 cm³/mol. The molecule has 0 aliphatic carbocycles. The van der Waals surface area contributed by atoms with E-state index in [-0.39, 0.29) is 11.6 Å². The van der Waals surface area contributed by atoms with Crippen LogP contribution in [0.2, 0.25) is 0 Å². The Bertz CT molecular complexity index is 149. The molecular weight excluding hydrogens is 128 g/mol. The zero-order valence-corrected chi connectivity index (χ0v) is 6.35. The number of nitriles is 1. The zero-order valence-electron chi connectivity index (χ0n) is 6.35. The molecule has 0 bridgehead atoms. The third-order valence-corrected chi connectivity index (χ3v) is 1.57. The molecule has 1 rings (SSSR count). The number of hydrogen-bond donors (Lipinski definition) is 1. The fraction of sp³-hybridized carbons (Fsp3) is 0.857. The Morgan fingerprint density at radius 1 is 1.70 bits per heavy atom. The van der Waals surface area contributed by atoms with Crippen molar-refractivity contribution in [2.45, 2.75) is 25.5 Å². The molecule has 0 amide bonds. The Balaban J connectivity index is 2.40. The van der Waals surface area contributed by atoms with Gasteiger partial charge in [-0.3, -0.25) is 5.32 Å². The summed E-state index contributed by atoms with van der Waals surface area (Å²) < 4.78 is 5.38. The SMILES string of the molecule is CC1(C)CNC(C#N)CO1. The summed E-state index contributed by atoms with van der Waals surface area (Å²) in [6, 6.07) is 1.99. The lowest BCUT2D eigenvalue weighted by molar-refractivity contribution is -0.0492. The maximum atomic E-state index is 8.47. The van der Waals surface area contributed by atoms with Crippen molar-refractivity contribution >= 4 is 0 Å². The van der Waals surface area contributed by atoms with Crippen molar-refractivity contribution in [2.24, 2.45) is 0 Å². The average Bonchev–Trinajstić information content (AvgIpc) is 1.88. The van der Waals surface area contributed by atoms with Gasteiger partial charge >= 0.3 is 0 Å².